The average molecular weight is 180 g/mol. The molecule has 3 heteroatoms. The fourth-order valence-electron chi connectivity index (χ4n) is 1.62. The Balaban J connectivity index is 2.39. The SMILES string of the molecule is Cc1cc(F)cc(C2(N)CNC2)c1. The molecule has 1 aromatic rings. The van der Waals surface area contributed by atoms with Crippen LogP contribution >= 0.6 is 0 Å². The lowest BCUT2D eigenvalue weighted by atomic mass is 9.85. The van der Waals surface area contributed by atoms with Crippen LogP contribution in [-0.2, 0) is 5.54 Å². The molecule has 70 valence electrons. The fraction of sp³-hybridized carbons (Fsp3) is 0.400. The van der Waals surface area contributed by atoms with E-state index in [9.17, 15) is 4.39 Å². The van der Waals surface area contributed by atoms with Gasteiger partial charge >= 0.3 is 0 Å². The van der Waals surface area contributed by atoms with Crippen molar-refractivity contribution < 1.29 is 4.39 Å². The van der Waals surface area contributed by atoms with E-state index in [-0.39, 0.29) is 11.4 Å². The Morgan fingerprint density at radius 3 is 2.54 bits per heavy atom. The number of halogens is 1. The van der Waals surface area contributed by atoms with Gasteiger partial charge in [0.15, 0.2) is 0 Å². The van der Waals surface area contributed by atoms with Crippen molar-refractivity contribution in [1.29, 1.82) is 0 Å². The number of benzene rings is 1. The van der Waals surface area contributed by atoms with E-state index in [1.165, 1.54) is 12.1 Å². The number of aryl methyl sites for hydroxylation is 1. The first-order valence-electron chi connectivity index (χ1n) is 4.37. The number of nitrogens with two attached hydrogens (primary N) is 1. The van der Waals surface area contributed by atoms with Crippen molar-refractivity contribution in [1.82, 2.24) is 5.32 Å². The van der Waals surface area contributed by atoms with Crippen molar-refractivity contribution in [3.8, 4) is 0 Å². The molecule has 0 spiro atoms. The zero-order valence-corrected chi connectivity index (χ0v) is 7.60. The highest BCUT2D eigenvalue weighted by atomic mass is 19.1. The Labute approximate surface area is 76.9 Å². The van der Waals surface area contributed by atoms with Crippen molar-refractivity contribution in [2.75, 3.05) is 13.1 Å². The molecule has 0 aliphatic carbocycles. The minimum absolute atomic E-state index is 0.202. The third-order valence-corrected chi connectivity index (χ3v) is 2.50. The van der Waals surface area contributed by atoms with Crippen molar-refractivity contribution in [3.05, 3.63) is 35.1 Å². The first-order valence-corrected chi connectivity index (χ1v) is 4.37. The molecule has 0 unspecified atom stereocenters. The lowest BCUT2D eigenvalue weighted by molar-refractivity contribution is 0.286. The molecular formula is C10H13FN2. The normalized spacial score (nSPS) is 19.6. The lowest BCUT2D eigenvalue weighted by Crippen LogP contribution is -2.62. The van der Waals surface area contributed by atoms with Crippen molar-refractivity contribution in [2.24, 2.45) is 5.73 Å². The van der Waals surface area contributed by atoms with Gasteiger partial charge in [-0.3, -0.25) is 0 Å². The summed E-state index contributed by atoms with van der Waals surface area (Å²) in [6, 6.07) is 4.98. The summed E-state index contributed by atoms with van der Waals surface area (Å²) in [5.41, 5.74) is 7.49. The summed E-state index contributed by atoms with van der Waals surface area (Å²) in [6.45, 7) is 3.34. The Kier molecular flexibility index (Phi) is 1.86. The van der Waals surface area contributed by atoms with Gasteiger partial charge in [-0.15, -0.1) is 0 Å². The van der Waals surface area contributed by atoms with Crippen LogP contribution in [0.25, 0.3) is 0 Å². The van der Waals surface area contributed by atoms with Crippen molar-refractivity contribution in [3.63, 3.8) is 0 Å². The molecule has 0 saturated carbocycles. The van der Waals surface area contributed by atoms with E-state index in [4.69, 9.17) is 5.73 Å². The predicted octanol–water partition coefficient (Wildman–Crippen LogP) is 0.891. The highest BCUT2D eigenvalue weighted by Gasteiger charge is 2.34. The molecule has 1 fully saturated rings. The van der Waals surface area contributed by atoms with Gasteiger partial charge in [-0.1, -0.05) is 6.07 Å². The molecule has 13 heavy (non-hydrogen) atoms. The van der Waals surface area contributed by atoms with Gasteiger partial charge in [0.05, 0.1) is 5.54 Å². The van der Waals surface area contributed by atoms with Crippen molar-refractivity contribution >= 4 is 0 Å². The second-order valence-corrected chi connectivity index (χ2v) is 3.78. The van der Waals surface area contributed by atoms with Gasteiger partial charge < -0.3 is 11.1 Å². The molecule has 2 nitrogen and oxygen atoms in total. The summed E-state index contributed by atoms with van der Waals surface area (Å²) in [5.74, 6) is -0.202. The number of hydrogen-bond acceptors (Lipinski definition) is 2. The molecular weight excluding hydrogens is 167 g/mol. The van der Waals surface area contributed by atoms with Gasteiger partial charge in [0, 0.05) is 13.1 Å². The van der Waals surface area contributed by atoms with E-state index in [1.807, 2.05) is 13.0 Å². The minimum atomic E-state index is -0.354. The van der Waals surface area contributed by atoms with E-state index in [0.29, 0.717) is 0 Å². The van der Waals surface area contributed by atoms with Gasteiger partial charge in [-0.2, -0.15) is 0 Å². The monoisotopic (exact) mass is 180 g/mol. The summed E-state index contributed by atoms with van der Waals surface area (Å²) in [7, 11) is 0. The van der Waals surface area contributed by atoms with Gasteiger partial charge in [0.2, 0.25) is 0 Å². The van der Waals surface area contributed by atoms with E-state index >= 15 is 0 Å². The zero-order chi connectivity index (χ0) is 9.47. The maximum Gasteiger partial charge on any atom is 0.123 e. The third-order valence-electron chi connectivity index (χ3n) is 2.50. The standard InChI is InChI=1S/C10H13FN2/c1-7-2-8(4-9(11)3-7)10(12)5-13-6-10/h2-4,13H,5-6,12H2,1H3. The summed E-state index contributed by atoms with van der Waals surface area (Å²) in [4.78, 5) is 0. The molecule has 1 heterocycles. The Hall–Kier alpha value is -0.930. The van der Waals surface area contributed by atoms with Crippen molar-refractivity contribution in [2.45, 2.75) is 12.5 Å². The van der Waals surface area contributed by atoms with Crippen LogP contribution in [0.4, 0.5) is 4.39 Å². The van der Waals surface area contributed by atoms with Crippen LogP contribution in [0.1, 0.15) is 11.1 Å². The Morgan fingerprint density at radius 2 is 2.08 bits per heavy atom. The van der Waals surface area contributed by atoms with E-state index < -0.39 is 0 Å². The fourth-order valence-corrected chi connectivity index (χ4v) is 1.62. The number of nitrogens with one attached hydrogen (secondary N) is 1. The number of hydrogen-bond donors (Lipinski definition) is 2. The largest absolute Gasteiger partial charge is 0.319 e. The first-order chi connectivity index (χ1) is 6.10. The predicted molar refractivity (Wildman–Crippen MR) is 49.9 cm³/mol. The van der Waals surface area contributed by atoms with Crippen LogP contribution in [0.3, 0.4) is 0 Å². The Bertz CT molecular complexity index is 311. The molecule has 1 aliphatic rings. The highest BCUT2D eigenvalue weighted by molar-refractivity contribution is 5.32. The molecule has 1 aromatic carbocycles. The lowest BCUT2D eigenvalue weighted by Gasteiger charge is -2.39. The molecule has 2 rings (SSSR count). The second-order valence-electron chi connectivity index (χ2n) is 3.78. The maximum absolute atomic E-state index is 13.0. The minimum Gasteiger partial charge on any atom is -0.319 e. The highest BCUT2D eigenvalue weighted by Crippen LogP contribution is 2.24. The first kappa shape index (κ1) is 8.66. The second kappa shape index (κ2) is 2.79. The topological polar surface area (TPSA) is 38.0 Å². The molecule has 3 N–H and O–H groups in total. The van der Waals surface area contributed by atoms with E-state index in [1.54, 1.807) is 0 Å². The molecule has 1 aliphatic heterocycles. The van der Waals surface area contributed by atoms with Crippen LogP contribution in [0.2, 0.25) is 0 Å². The van der Waals surface area contributed by atoms with E-state index in [0.717, 1.165) is 24.2 Å². The molecule has 0 aromatic heterocycles. The zero-order valence-electron chi connectivity index (χ0n) is 7.60. The summed E-state index contributed by atoms with van der Waals surface area (Å²) >= 11 is 0. The molecule has 0 atom stereocenters. The van der Waals surface area contributed by atoms with Crippen LogP contribution in [0, 0.1) is 12.7 Å². The summed E-state index contributed by atoms with van der Waals surface area (Å²) in [5, 5.41) is 3.09. The molecule has 0 bridgehead atoms. The van der Waals surface area contributed by atoms with E-state index in [2.05, 4.69) is 5.32 Å². The maximum atomic E-state index is 13.0. The Morgan fingerprint density at radius 1 is 1.38 bits per heavy atom. The third kappa shape index (κ3) is 1.45. The van der Waals surface area contributed by atoms with Crippen LogP contribution < -0.4 is 11.1 Å². The molecule has 0 amide bonds. The smallest absolute Gasteiger partial charge is 0.123 e. The van der Waals surface area contributed by atoms with Crippen LogP contribution in [0.15, 0.2) is 18.2 Å². The number of rotatable bonds is 1. The quantitative estimate of drug-likeness (QED) is 0.673. The average Bonchev–Trinajstić information content (AvgIpc) is 1.98. The van der Waals surface area contributed by atoms with Gasteiger partial charge in [0.1, 0.15) is 5.82 Å². The van der Waals surface area contributed by atoms with Crippen LogP contribution in [-0.4, -0.2) is 13.1 Å². The summed E-state index contributed by atoms with van der Waals surface area (Å²) in [6.07, 6.45) is 0. The summed E-state index contributed by atoms with van der Waals surface area (Å²) < 4.78 is 13.0. The van der Waals surface area contributed by atoms with Gasteiger partial charge in [-0.25, -0.2) is 4.39 Å². The van der Waals surface area contributed by atoms with Gasteiger partial charge in [0.25, 0.3) is 0 Å². The molecule has 0 radical (unpaired) electrons. The van der Waals surface area contributed by atoms with Crippen LogP contribution in [0.5, 0.6) is 0 Å². The van der Waals surface area contributed by atoms with Gasteiger partial charge in [-0.05, 0) is 30.2 Å². The molecule has 1 saturated heterocycles.